The van der Waals surface area contributed by atoms with E-state index in [1.165, 1.54) is 10.6 Å². The summed E-state index contributed by atoms with van der Waals surface area (Å²) in [4.78, 5) is 32.9. The van der Waals surface area contributed by atoms with E-state index in [2.05, 4.69) is 4.98 Å². The van der Waals surface area contributed by atoms with Gasteiger partial charge in [-0.25, -0.2) is 9.18 Å². The zero-order chi connectivity index (χ0) is 21.9. The average Bonchev–Trinajstić information content (AvgIpc) is 3.32. The Hall–Kier alpha value is -3.39. The molecule has 0 spiro atoms. The first-order valence-electron chi connectivity index (χ1n) is 9.84. The van der Waals surface area contributed by atoms with Gasteiger partial charge >= 0.3 is 5.69 Å². The van der Waals surface area contributed by atoms with Crippen LogP contribution in [0.5, 0.6) is 0 Å². The maximum Gasteiger partial charge on any atom is 0.332 e. The van der Waals surface area contributed by atoms with Crippen molar-refractivity contribution in [3.05, 3.63) is 85.3 Å². The number of hydrogen-bond donors (Lipinski definition) is 0. The van der Waals surface area contributed by atoms with E-state index in [0.717, 1.165) is 15.8 Å². The van der Waals surface area contributed by atoms with Gasteiger partial charge in [-0.2, -0.15) is 4.98 Å². The van der Waals surface area contributed by atoms with Crippen LogP contribution in [0.4, 0.5) is 16.0 Å². The fourth-order valence-electron chi connectivity index (χ4n) is 4.13. The maximum absolute atomic E-state index is 14.2. The van der Waals surface area contributed by atoms with Crippen LogP contribution in [0, 0.1) is 12.7 Å². The second-order valence-corrected chi connectivity index (χ2v) is 8.00. The third-order valence-corrected chi connectivity index (χ3v) is 6.23. The van der Waals surface area contributed by atoms with Crippen molar-refractivity contribution in [2.45, 2.75) is 20.0 Å². The summed E-state index contributed by atoms with van der Waals surface area (Å²) in [6, 6.07) is 11.8. The number of imidazole rings is 1. The molecule has 7 nitrogen and oxygen atoms in total. The Morgan fingerprint density at radius 2 is 1.87 bits per heavy atom. The van der Waals surface area contributed by atoms with Gasteiger partial charge in [0.05, 0.1) is 6.54 Å². The number of halogens is 2. The number of rotatable bonds is 3. The van der Waals surface area contributed by atoms with Crippen LogP contribution in [0.2, 0.25) is 5.02 Å². The first-order chi connectivity index (χ1) is 14.9. The van der Waals surface area contributed by atoms with E-state index in [9.17, 15) is 14.0 Å². The Bertz CT molecular complexity index is 1470. The van der Waals surface area contributed by atoms with E-state index >= 15 is 0 Å². The largest absolute Gasteiger partial charge is 0.332 e. The molecule has 0 amide bonds. The van der Waals surface area contributed by atoms with Crippen molar-refractivity contribution in [2.75, 3.05) is 11.4 Å². The van der Waals surface area contributed by atoms with Crippen molar-refractivity contribution < 1.29 is 4.39 Å². The van der Waals surface area contributed by atoms with Gasteiger partial charge in [-0.1, -0.05) is 35.9 Å². The normalized spacial score (nSPS) is 13.2. The van der Waals surface area contributed by atoms with Crippen molar-refractivity contribution in [2.24, 2.45) is 7.05 Å². The highest BCUT2D eigenvalue weighted by Gasteiger charge is 2.29. The molecule has 9 heteroatoms. The van der Waals surface area contributed by atoms with Gasteiger partial charge in [0.25, 0.3) is 5.56 Å². The zero-order valence-corrected chi connectivity index (χ0v) is 17.7. The fourth-order valence-corrected chi connectivity index (χ4v) is 4.30. The molecule has 4 aromatic rings. The molecule has 2 aromatic heterocycles. The van der Waals surface area contributed by atoms with Crippen molar-refractivity contribution in [3.63, 3.8) is 0 Å². The molecule has 0 unspecified atom stereocenters. The van der Waals surface area contributed by atoms with Gasteiger partial charge in [-0.15, -0.1) is 0 Å². The molecule has 5 rings (SSSR count). The minimum atomic E-state index is -0.539. The van der Waals surface area contributed by atoms with E-state index in [1.807, 2.05) is 34.6 Å². The predicted molar refractivity (Wildman–Crippen MR) is 118 cm³/mol. The van der Waals surface area contributed by atoms with Gasteiger partial charge < -0.3 is 9.47 Å². The standard InChI is InChI=1S/C22H19ClFN5O2/c1-13-15(23)7-5-9-17(13)27-10-11-28-18-19(25-21(27)28)26(2)22(31)29(20(18)30)12-14-6-3-4-8-16(14)24/h3-9H,10-12H2,1-2H3. The number of aryl methyl sites for hydroxylation is 1. The van der Waals surface area contributed by atoms with Crippen LogP contribution in [-0.4, -0.2) is 25.2 Å². The molecule has 0 fully saturated rings. The van der Waals surface area contributed by atoms with Gasteiger partial charge in [0.1, 0.15) is 5.82 Å². The van der Waals surface area contributed by atoms with E-state index < -0.39 is 17.1 Å². The van der Waals surface area contributed by atoms with Crippen LogP contribution in [0.3, 0.4) is 0 Å². The van der Waals surface area contributed by atoms with Gasteiger partial charge in [0, 0.05) is 36.4 Å². The van der Waals surface area contributed by atoms with Crippen molar-refractivity contribution >= 4 is 34.4 Å². The smallest absolute Gasteiger partial charge is 0.310 e. The van der Waals surface area contributed by atoms with Crippen LogP contribution in [0.25, 0.3) is 11.2 Å². The first-order valence-corrected chi connectivity index (χ1v) is 10.2. The van der Waals surface area contributed by atoms with Crippen LogP contribution >= 0.6 is 11.6 Å². The molecule has 0 bridgehead atoms. The minimum Gasteiger partial charge on any atom is -0.310 e. The number of benzene rings is 2. The molecule has 0 N–H and O–H groups in total. The summed E-state index contributed by atoms with van der Waals surface area (Å²) in [5, 5.41) is 0.645. The molecule has 1 aliphatic rings. The average molecular weight is 440 g/mol. The first kappa shape index (κ1) is 19.6. The lowest BCUT2D eigenvalue weighted by atomic mass is 10.2. The molecular weight excluding hydrogens is 421 g/mol. The Kier molecular flexibility index (Phi) is 4.48. The van der Waals surface area contributed by atoms with Gasteiger partial charge in [-0.05, 0) is 30.7 Å². The van der Waals surface area contributed by atoms with Gasteiger partial charge in [0.15, 0.2) is 11.2 Å². The lowest BCUT2D eigenvalue weighted by Gasteiger charge is -2.19. The number of fused-ring (bicyclic) bond motifs is 3. The second kappa shape index (κ2) is 7.09. The van der Waals surface area contributed by atoms with Gasteiger partial charge in [-0.3, -0.25) is 13.9 Å². The molecule has 0 atom stereocenters. The Labute approximate surface area is 181 Å². The van der Waals surface area contributed by atoms with Crippen LogP contribution in [0.15, 0.2) is 52.1 Å². The summed E-state index contributed by atoms with van der Waals surface area (Å²) in [6.07, 6.45) is 0. The maximum atomic E-state index is 14.2. The number of aromatic nitrogens is 4. The number of anilines is 2. The summed E-state index contributed by atoms with van der Waals surface area (Å²) < 4.78 is 18.4. The Balaban J connectivity index is 1.71. The van der Waals surface area contributed by atoms with E-state index in [0.29, 0.717) is 35.2 Å². The third kappa shape index (κ3) is 2.90. The van der Waals surface area contributed by atoms with Crippen molar-refractivity contribution in [3.8, 4) is 0 Å². The summed E-state index contributed by atoms with van der Waals surface area (Å²) in [7, 11) is 1.57. The Morgan fingerprint density at radius 1 is 1.10 bits per heavy atom. The lowest BCUT2D eigenvalue weighted by Crippen LogP contribution is -2.40. The number of nitrogens with zero attached hydrogens (tertiary/aromatic N) is 5. The highest BCUT2D eigenvalue weighted by molar-refractivity contribution is 6.31. The monoisotopic (exact) mass is 439 g/mol. The second-order valence-electron chi connectivity index (χ2n) is 7.60. The van der Waals surface area contributed by atoms with Crippen LogP contribution < -0.4 is 16.1 Å². The predicted octanol–water partition coefficient (Wildman–Crippen LogP) is 3.20. The number of hydrogen-bond acceptors (Lipinski definition) is 4. The van der Waals surface area contributed by atoms with Crippen LogP contribution in [0.1, 0.15) is 11.1 Å². The van der Waals surface area contributed by atoms with E-state index in [1.54, 1.807) is 25.2 Å². The molecule has 3 heterocycles. The quantitative estimate of drug-likeness (QED) is 0.491. The Morgan fingerprint density at radius 3 is 2.65 bits per heavy atom. The SMILES string of the molecule is Cc1c(Cl)cccc1N1CCn2c1nc1c2c(=O)n(Cc2ccccc2F)c(=O)n1C. The molecule has 0 radical (unpaired) electrons. The van der Waals surface area contributed by atoms with Gasteiger partial charge in [0.2, 0.25) is 5.95 Å². The van der Waals surface area contributed by atoms with Crippen LogP contribution in [-0.2, 0) is 20.1 Å². The topological polar surface area (TPSA) is 65.1 Å². The molecule has 2 aromatic carbocycles. The molecule has 0 saturated carbocycles. The van der Waals surface area contributed by atoms with E-state index in [-0.39, 0.29) is 12.1 Å². The van der Waals surface area contributed by atoms with Crippen molar-refractivity contribution in [1.82, 2.24) is 18.7 Å². The molecule has 0 saturated heterocycles. The highest BCUT2D eigenvalue weighted by Crippen LogP contribution is 2.35. The molecule has 1 aliphatic heterocycles. The fraction of sp³-hybridized carbons (Fsp3) is 0.227. The lowest BCUT2D eigenvalue weighted by molar-refractivity contribution is 0.582. The highest BCUT2D eigenvalue weighted by atomic mass is 35.5. The van der Waals surface area contributed by atoms with E-state index in [4.69, 9.17) is 11.6 Å². The molecule has 158 valence electrons. The third-order valence-electron chi connectivity index (χ3n) is 5.82. The summed E-state index contributed by atoms with van der Waals surface area (Å²) >= 11 is 6.30. The van der Waals surface area contributed by atoms with Crippen molar-refractivity contribution in [1.29, 1.82) is 0 Å². The molecule has 31 heavy (non-hydrogen) atoms. The summed E-state index contributed by atoms with van der Waals surface area (Å²) in [6.45, 7) is 2.94. The summed E-state index contributed by atoms with van der Waals surface area (Å²) in [5.41, 5.74) is 1.70. The molecule has 0 aliphatic carbocycles. The summed E-state index contributed by atoms with van der Waals surface area (Å²) in [5.74, 6) is 0.119. The molecular formula is C22H19ClFN5O2. The zero-order valence-electron chi connectivity index (χ0n) is 17.0. The minimum absolute atomic E-state index is 0.147.